The summed E-state index contributed by atoms with van der Waals surface area (Å²) in [6.45, 7) is 6.17. The van der Waals surface area contributed by atoms with E-state index in [9.17, 15) is 4.79 Å². The molecule has 1 amide bonds. The normalized spacial score (nSPS) is 10.7. The summed E-state index contributed by atoms with van der Waals surface area (Å²) in [5, 5.41) is 10.5. The van der Waals surface area contributed by atoms with Gasteiger partial charge in [-0.15, -0.1) is 10.2 Å². The van der Waals surface area contributed by atoms with Crippen LogP contribution in [0.25, 0.3) is 0 Å². The smallest absolute Gasteiger partial charge is 0.251 e. The van der Waals surface area contributed by atoms with Gasteiger partial charge in [-0.2, -0.15) is 0 Å². The Morgan fingerprint density at radius 1 is 1.26 bits per heavy atom. The Kier molecular flexibility index (Phi) is 3.94. The lowest BCUT2D eigenvalue weighted by molar-refractivity contribution is 0.0947. The molecule has 5 nitrogen and oxygen atoms in total. The van der Waals surface area contributed by atoms with Crippen molar-refractivity contribution in [3.8, 4) is 0 Å². The van der Waals surface area contributed by atoms with Crippen LogP contribution in [0.5, 0.6) is 0 Å². The molecule has 0 aliphatic carbocycles. The third-order valence-corrected chi connectivity index (χ3v) is 2.69. The average molecular weight is 259 g/mol. The van der Waals surface area contributed by atoms with Crippen molar-refractivity contribution in [1.82, 2.24) is 15.5 Å². The topological polar surface area (TPSA) is 68.0 Å². The molecule has 1 N–H and O–H groups in total. The fraction of sp³-hybridized carbons (Fsp3) is 0.357. The standard InChI is InChI=1S/C14H17N3O2/c1-9(2)14-17-16-12(19-14)8-15-13(18)11-6-4-10(3)5-7-11/h4-7,9H,8H2,1-3H3,(H,15,18). The Morgan fingerprint density at radius 2 is 1.95 bits per heavy atom. The first-order valence-electron chi connectivity index (χ1n) is 6.23. The van der Waals surface area contributed by atoms with E-state index in [4.69, 9.17) is 4.42 Å². The van der Waals surface area contributed by atoms with Gasteiger partial charge in [0.05, 0.1) is 6.54 Å². The number of carbonyl (C=O) groups is 1. The molecule has 0 atom stereocenters. The van der Waals surface area contributed by atoms with Crippen LogP contribution in [-0.2, 0) is 6.54 Å². The van der Waals surface area contributed by atoms with Gasteiger partial charge >= 0.3 is 0 Å². The molecule has 19 heavy (non-hydrogen) atoms. The second-order valence-electron chi connectivity index (χ2n) is 4.74. The molecule has 0 bridgehead atoms. The summed E-state index contributed by atoms with van der Waals surface area (Å²) < 4.78 is 5.41. The maximum Gasteiger partial charge on any atom is 0.251 e. The Labute approximate surface area is 112 Å². The summed E-state index contributed by atoms with van der Waals surface area (Å²) in [6.07, 6.45) is 0. The number of rotatable bonds is 4. The predicted octanol–water partition coefficient (Wildman–Crippen LogP) is 2.43. The maximum absolute atomic E-state index is 11.9. The molecule has 0 aliphatic heterocycles. The number of aromatic nitrogens is 2. The molecule has 0 saturated carbocycles. The number of carbonyl (C=O) groups excluding carboxylic acids is 1. The van der Waals surface area contributed by atoms with Crippen LogP contribution in [0.3, 0.4) is 0 Å². The summed E-state index contributed by atoms with van der Waals surface area (Å²) in [7, 11) is 0. The second kappa shape index (κ2) is 5.65. The van der Waals surface area contributed by atoms with E-state index in [1.54, 1.807) is 12.1 Å². The molecule has 1 heterocycles. The van der Waals surface area contributed by atoms with Crippen molar-refractivity contribution < 1.29 is 9.21 Å². The highest BCUT2D eigenvalue weighted by Crippen LogP contribution is 2.11. The third-order valence-electron chi connectivity index (χ3n) is 2.69. The lowest BCUT2D eigenvalue weighted by atomic mass is 10.1. The van der Waals surface area contributed by atoms with Gasteiger partial charge in [0.1, 0.15) is 0 Å². The summed E-state index contributed by atoms with van der Waals surface area (Å²) in [5.41, 5.74) is 1.74. The van der Waals surface area contributed by atoms with Crippen LogP contribution in [0.1, 0.15) is 47.5 Å². The fourth-order valence-corrected chi connectivity index (χ4v) is 1.53. The van der Waals surface area contributed by atoms with E-state index in [0.717, 1.165) is 5.56 Å². The molecular weight excluding hydrogens is 242 g/mol. The van der Waals surface area contributed by atoms with Crippen molar-refractivity contribution in [3.63, 3.8) is 0 Å². The van der Waals surface area contributed by atoms with E-state index in [1.807, 2.05) is 32.9 Å². The van der Waals surface area contributed by atoms with Crippen molar-refractivity contribution in [1.29, 1.82) is 0 Å². The fourth-order valence-electron chi connectivity index (χ4n) is 1.53. The highest BCUT2D eigenvalue weighted by Gasteiger charge is 2.11. The number of hydrogen-bond donors (Lipinski definition) is 1. The van der Waals surface area contributed by atoms with Gasteiger partial charge in [-0.25, -0.2) is 0 Å². The lowest BCUT2D eigenvalue weighted by Crippen LogP contribution is -2.22. The third kappa shape index (κ3) is 3.40. The van der Waals surface area contributed by atoms with Crippen LogP contribution >= 0.6 is 0 Å². The van der Waals surface area contributed by atoms with Crippen LogP contribution in [0, 0.1) is 6.92 Å². The minimum atomic E-state index is -0.149. The van der Waals surface area contributed by atoms with Crippen LogP contribution in [0.4, 0.5) is 0 Å². The SMILES string of the molecule is Cc1ccc(C(=O)NCc2nnc(C(C)C)o2)cc1. The van der Waals surface area contributed by atoms with E-state index in [2.05, 4.69) is 15.5 Å². The van der Waals surface area contributed by atoms with Crippen molar-refractivity contribution in [2.24, 2.45) is 0 Å². The number of hydrogen-bond acceptors (Lipinski definition) is 4. The Morgan fingerprint density at radius 3 is 2.53 bits per heavy atom. The number of nitrogens with zero attached hydrogens (tertiary/aromatic N) is 2. The van der Waals surface area contributed by atoms with E-state index in [1.165, 1.54) is 0 Å². The van der Waals surface area contributed by atoms with Gasteiger partial charge in [0.15, 0.2) is 0 Å². The quantitative estimate of drug-likeness (QED) is 0.915. The van der Waals surface area contributed by atoms with Gasteiger partial charge in [0, 0.05) is 11.5 Å². The zero-order valence-corrected chi connectivity index (χ0v) is 11.3. The summed E-state index contributed by atoms with van der Waals surface area (Å²) in [5.74, 6) is 1.04. The number of nitrogens with one attached hydrogen (secondary N) is 1. The van der Waals surface area contributed by atoms with Gasteiger partial charge < -0.3 is 9.73 Å². The number of aryl methyl sites for hydroxylation is 1. The Bertz CT molecular complexity index is 558. The number of benzene rings is 1. The first-order valence-corrected chi connectivity index (χ1v) is 6.23. The Hall–Kier alpha value is -2.17. The molecule has 0 spiro atoms. The van der Waals surface area contributed by atoms with Crippen LogP contribution in [0.15, 0.2) is 28.7 Å². The van der Waals surface area contributed by atoms with E-state index >= 15 is 0 Å². The van der Waals surface area contributed by atoms with Crippen molar-refractivity contribution in [2.45, 2.75) is 33.2 Å². The van der Waals surface area contributed by atoms with Gasteiger partial charge in [0.25, 0.3) is 5.91 Å². The van der Waals surface area contributed by atoms with E-state index in [-0.39, 0.29) is 18.4 Å². The van der Waals surface area contributed by atoms with E-state index < -0.39 is 0 Å². The van der Waals surface area contributed by atoms with Crippen molar-refractivity contribution in [2.75, 3.05) is 0 Å². The highest BCUT2D eigenvalue weighted by atomic mass is 16.4. The van der Waals surface area contributed by atoms with Crippen molar-refractivity contribution in [3.05, 3.63) is 47.2 Å². The average Bonchev–Trinajstić information content (AvgIpc) is 2.86. The van der Waals surface area contributed by atoms with Crippen LogP contribution in [0.2, 0.25) is 0 Å². The zero-order chi connectivity index (χ0) is 13.8. The minimum absolute atomic E-state index is 0.149. The molecule has 0 saturated heterocycles. The molecule has 0 unspecified atom stereocenters. The molecule has 100 valence electrons. The molecule has 2 rings (SSSR count). The van der Waals surface area contributed by atoms with Gasteiger partial charge in [0.2, 0.25) is 11.8 Å². The van der Waals surface area contributed by atoms with Gasteiger partial charge in [-0.05, 0) is 19.1 Å². The Balaban J connectivity index is 1.94. The lowest BCUT2D eigenvalue weighted by Gasteiger charge is -2.02. The van der Waals surface area contributed by atoms with Crippen molar-refractivity contribution >= 4 is 5.91 Å². The summed E-state index contributed by atoms with van der Waals surface area (Å²) in [4.78, 5) is 11.9. The molecule has 1 aromatic heterocycles. The van der Waals surface area contributed by atoms with Gasteiger partial charge in [-0.1, -0.05) is 31.5 Å². The first kappa shape index (κ1) is 13.3. The number of amides is 1. The molecule has 2 aromatic rings. The zero-order valence-electron chi connectivity index (χ0n) is 11.3. The monoisotopic (exact) mass is 259 g/mol. The summed E-state index contributed by atoms with van der Waals surface area (Å²) in [6, 6.07) is 7.38. The minimum Gasteiger partial charge on any atom is -0.423 e. The molecular formula is C14H17N3O2. The van der Waals surface area contributed by atoms with E-state index in [0.29, 0.717) is 17.3 Å². The largest absolute Gasteiger partial charge is 0.423 e. The highest BCUT2D eigenvalue weighted by molar-refractivity contribution is 5.94. The van der Waals surface area contributed by atoms with Gasteiger partial charge in [-0.3, -0.25) is 4.79 Å². The molecule has 0 fully saturated rings. The maximum atomic E-state index is 11.9. The summed E-state index contributed by atoms with van der Waals surface area (Å²) >= 11 is 0. The first-order chi connectivity index (χ1) is 9.06. The predicted molar refractivity (Wildman–Crippen MR) is 70.7 cm³/mol. The van der Waals surface area contributed by atoms with Crippen LogP contribution in [-0.4, -0.2) is 16.1 Å². The second-order valence-corrected chi connectivity index (χ2v) is 4.74. The van der Waals surface area contributed by atoms with Crippen LogP contribution < -0.4 is 5.32 Å². The molecule has 5 heteroatoms. The molecule has 0 aliphatic rings. The molecule has 0 radical (unpaired) electrons. The molecule has 1 aromatic carbocycles.